The summed E-state index contributed by atoms with van der Waals surface area (Å²) < 4.78 is 5.61. The lowest BCUT2D eigenvalue weighted by atomic mass is 10.1. The minimum absolute atomic E-state index is 0.0359. The second-order valence-corrected chi connectivity index (χ2v) is 4.47. The van der Waals surface area contributed by atoms with E-state index < -0.39 is 5.97 Å². The molecule has 0 spiro atoms. The average Bonchev–Trinajstić information content (AvgIpc) is 2.51. The van der Waals surface area contributed by atoms with Gasteiger partial charge in [0.2, 0.25) is 0 Å². The fraction of sp³-hybridized carbons (Fsp3) is 0.909. The summed E-state index contributed by atoms with van der Waals surface area (Å²) in [6.07, 6.45) is 3.66. The summed E-state index contributed by atoms with van der Waals surface area (Å²) in [5.41, 5.74) is 0. The first-order valence-electron chi connectivity index (χ1n) is 5.45. The summed E-state index contributed by atoms with van der Waals surface area (Å²) in [6.45, 7) is 4.99. The molecular weight excluding hydrogens is 180 g/mol. The van der Waals surface area contributed by atoms with Crippen LogP contribution in [0, 0.1) is 11.8 Å². The van der Waals surface area contributed by atoms with Gasteiger partial charge in [-0.2, -0.15) is 0 Å². The number of ether oxygens (including phenoxy) is 1. The maximum Gasteiger partial charge on any atom is 0.309 e. The first kappa shape index (κ1) is 11.5. The van der Waals surface area contributed by atoms with Crippen LogP contribution in [-0.2, 0) is 9.53 Å². The van der Waals surface area contributed by atoms with Crippen molar-refractivity contribution in [2.45, 2.75) is 45.6 Å². The van der Waals surface area contributed by atoms with Gasteiger partial charge in [-0.15, -0.1) is 0 Å². The molecule has 0 aromatic carbocycles. The summed E-state index contributed by atoms with van der Waals surface area (Å²) in [5, 5.41) is 8.91. The Morgan fingerprint density at radius 1 is 1.50 bits per heavy atom. The lowest BCUT2D eigenvalue weighted by molar-refractivity contribution is -0.146. The molecule has 0 saturated heterocycles. The predicted octanol–water partition coefficient (Wildman–Crippen LogP) is 2.30. The minimum Gasteiger partial charge on any atom is -0.481 e. The molecule has 0 aromatic rings. The molecule has 1 saturated carbocycles. The zero-order valence-corrected chi connectivity index (χ0v) is 9.03. The van der Waals surface area contributed by atoms with Gasteiger partial charge >= 0.3 is 5.97 Å². The van der Waals surface area contributed by atoms with Gasteiger partial charge in [0, 0.05) is 6.61 Å². The van der Waals surface area contributed by atoms with Crippen molar-refractivity contribution in [1.82, 2.24) is 0 Å². The molecule has 0 bridgehead atoms. The Kier molecular flexibility index (Phi) is 4.39. The van der Waals surface area contributed by atoms with E-state index in [1.54, 1.807) is 0 Å². The van der Waals surface area contributed by atoms with Gasteiger partial charge in [-0.25, -0.2) is 0 Å². The molecule has 3 heteroatoms. The highest BCUT2D eigenvalue weighted by Gasteiger charge is 2.33. The van der Waals surface area contributed by atoms with E-state index in [-0.39, 0.29) is 12.0 Å². The molecule has 2 unspecified atom stereocenters. The third-order valence-corrected chi connectivity index (χ3v) is 2.80. The van der Waals surface area contributed by atoms with E-state index in [0.717, 1.165) is 25.7 Å². The summed E-state index contributed by atoms with van der Waals surface area (Å²) in [5.74, 6) is -0.334. The first-order valence-corrected chi connectivity index (χ1v) is 5.45. The molecule has 0 heterocycles. The highest BCUT2D eigenvalue weighted by molar-refractivity contribution is 5.71. The summed E-state index contributed by atoms with van der Waals surface area (Å²) >= 11 is 0. The van der Waals surface area contributed by atoms with Crippen LogP contribution in [0.1, 0.15) is 39.5 Å². The molecule has 0 aliphatic heterocycles. The second-order valence-electron chi connectivity index (χ2n) is 4.47. The lowest BCUT2D eigenvalue weighted by Gasteiger charge is -2.17. The van der Waals surface area contributed by atoms with E-state index in [1.165, 1.54) is 0 Å². The van der Waals surface area contributed by atoms with Gasteiger partial charge in [-0.05, 0) is 31.6 Å². The fourth-order valence-electron chi connectivity index (χ4n) is 1.86. The molecule has 1 rings (SSSR count). The van der Waals surface area contributed by atoms with Crippen molar-refractivity contribution in [3.63, 3.8) is 0 Å². The average molecular weight is 200 g/mol. The predicted molar refractivity (Wildman–Crippen MR) is 54.2 cm³/mol. The Balaban J connectivity index is 2.26. The second kappa shape index (κ2) is 5.35. The topological polar surface area (TPSA) is 46.5 Å². The van der Waals surface area contributed by atoms with Crippen molar-refractivity contribution in [3.05, 3.63) is 0 Å². The van der Waals surface area contributed by atoms with E-state index in [0.29, 0.717) is 12.5 Å². The Morgan fingerprint density at radius 3 is 2.79 bits per heavy atom. The van der Waals surface area contributed by atoms with E-state index in [1.807, 2.05) is 0 Å². The van der Waals surface area contributed by atoms with E-state index in [4.69, 9.17) is 9.84 Å². The SMILES string of the molecule is CC(C)CCOC1CCCC1C(=O)O. The number of aliphatic carboxylic acids is 1. The van der Waals surface area contributed by atoms with Crippen LogP contribution in [0.4, 0.5) is 0 Å². The molecule has 0 aromatic heterocycles. The minimum atomic E-state index is -0.697. The molecule has 82 valence electrons. The van der Waals surface area contributed by atoms with Crippen molar-refractivity contribution in [1.29, 1.82) is 0 Å². The molecule has 1 aliphatic carbocycles. The zero-order valence-electron chi connectivity index (χ0n) is 9.03. The Hall–Kier alpha value is -0.570. The number of carboxylic acid groups (broad SMARTS) is 1. The van der Waals surface area contributed by atoms with Crippen LogP contribution in [0.5, 0.6) is 0 Å². The number of hydrogen-bond donors (Lipinski definition) is 1. The quantitative estimate of drug-likeness (QED) is 0.740. The van der Waals surface area contributed by atoms with Crippen LogP contribution in [-0.4, -0.2) is 23.8 Å². The monoisotopic (exact) mass is 200 g/mol. The van der Waals surface area contributed by atoms with Gasteiger partial charge in [-0.3, -0.25) is 4.79 Å². The number of carboxylic acids is 1. The molecule has 1 N–H and O–H groups in total. The molecule has 2 atom stereocenters. The van der Waals surface area contributed by atoms with Crippen LogP contribution in [0.15, 0.2) is 0 Å². The molecule has 14 heavy (non-hydrogen) atoms. The number of rotatable bonds is 5. The highest BCUT2D eigenvalue weighted by Crippen LogP contribution is 2.28. The van der Waals surface area contributed by atoms with Crippen LogP contribution in [0.25, 0.3) is 0 Å². The Morgan fingerprint density at radius 2 is 2.21 bits per heavy atom. The summed E-state index contributed by atoms with van der Waals surface area (Å²) in [6, 6.07) is 0. The van der Waals surface area contributed by atoms with Crippen LogP contribution in [0.2, 0.25) is 0 Å². The van der Waals surface area contributed by atoms with E-state index in [2.05, 4.69) is 13.8 Å². The Bertz CT molecular complexity index is 189. The van der Waals surface area contributed by atoms with Gasteiger partial charge in [0.1, 0.15) is 0 Å². The smallest absolute Gasteiger partial charge is 0.309 e. The number of carbonyl (C=O) groups is 1. The normalized spacial score (nSPS) is 27.1. The Labute approximate surface area is 85.5 Å². The van der Waals surface area contributed by atoms with Crippen LogP contribution < -0.4 is 0 Å². The first-order chi connectivity index (χ1) is 6.61. The van der Waals surface area contributed by atoms with E-state index >= 15 is 0 Å². The summed E-state index contributed by atoms with van der Waals surface area (Å²) in [4.78, 5) is 10.8. The van der Waals surface area contributed by atoms with E-state index in [9.17, 15) is 4.79 Å². The maximum atomic E-state index is 10.8. The van der Waals surface area contributed by atoms with Crippen molar-refractivity contribution in [2.24, 2.45) is 11.8 Å². The maximum absolute atomic E-state index is 10.8. The fourth-order valence-corrected chi connectivity index (χ4v) is 1.86. The number of hydrogen-bond acceptors (Lipinski definition) is 2. The van der Waals surface area contributed by atoms with Crippen LogP contribution >= 0.6 is 0 Å². The lowest BCUT2D eigenvalue weighted by Crippen LogP contribution is -2.26. The molecule has 0 amide bonds. The third kappa shape index (κ3) is 3.29. The van der Waals surface area contributed by atoms with Gasteiger partial charge in [0.25, 0.3) is 0 Å². The molecular formula is C11H20O3. The van der Waals surface area contributed by atoms with Crippen molar-refractivity contribution in [2.75, 3.05) is 6.61 Å². The van der Waals surface area contributed by atoms with Gasteiger partial charge < -0.3 is 9.84 Å². The van der Waals surface area contributed by atoms with Gasteiger partial charge in [0.05, 0.1) is 12.0 Å². The van der Waals surface area contributed by atoms with Crippen molar-refractivity contribution < 1.29 is 14.6 Å². The molecule has 0 radical (unpaired) electrons. The van der Waals surface area contributed by atoms with Crippen LogP contribution in [0.3, 0.4) is 0 Å². The van der Waals surface area contributed by atoms with Gasteiger partial charge in [0.15, 0.2) is 0 Å². The van der Waals surface area contributed by atoms with Crippen molar-refractivity contribution >= 4 is 5.97 Å². The van der Waals surface area contributed by atoms with Crippen molar-refractivity contribution in [3.8, 4) is 0 Å². The summed E-state index contributed by atoms with van der Waals surface area (Å²) in [7, 11) is 0. The molecule has 1 aliphatic rings. The molecule has 3 nitrogen and oxygen atoms in total. The largest absolute Gasteiger partial charge is 0.481 e. The third-order valence-electron chi connectivity index (χ3n) is 2.80. The highest BCUT2D eigenvalue weighted by atomic mass is 16.5. The zero-order chi connectivity index (χ0) is 10.6. The molecule has 1 fully saturated rings. The standard InChI is InChI=1S/C11H20O3/c1-8(2)6-7-14-10-5-3-4-9(10)11(12)13/h8-10H,3-7H2,1-2H3,(H,12,13). The van der Waals surface area contributed by atoms with Gasteiger partial charge in [-0.1, -0.05) is 13.8 Å².